The van der Waals surface area contributed by atoms with E-state index in [0.717, 1.165) is 11.1 Å². The molecule has 0 saturated heterocycles. The Morgan fingerprint density at radius 3 is 0.929 bits per heavy atom. The molecule has 0 heterocycles. The summed E-state index contributed by atoms with van der Waals surface area (Å²) in [7, 11) is 0. The summed E-state index contributed by atoms with van der Waals surface area (Å²) in [5.74, 6) is 0. The van der Waals surface area contributed by atoms with Crippen molar-refractivity contribution >= 4 is 0 Å². The molecule has 0 bridgehead atoms. The number of hydrogen-bond donors (Lipinski definition) is 0. The van der Waals surface area contributed by atoms with E-state index in [4.69, 9.17) is 0 Å². The SMILES string of the molecule is C=C.C=C(C)/C=C\C(=C)C.CC.CC. The van der Waals surface area contributed by atoms with Crippen LogP contribution in [0.15, 0.2) is 49.6 Å². The molecule has 0 amide bonds. The van der Waals surface area contributed by atoms with Crippen LogP contribution in [0.1, 0.15) is 41.5 Å². The summed E-state index contributed by atoms with van der Waals surface area (Å²) in [5, 5.41) is 0. The maximum absolute atomic E-state index is 3.70. The first-order valence-corrected chi connectivity index (χ1v) is 5.12. The monoisotopic (exact) mass is 196 g/mol. The minimum atomic E-state index is 1.06. The maximum atomic E-state index is 3.70. The van der Waals surface area contributed by atoms with Gasteiger partial charge in [0, 0.05) is 0 Å². The van der Waals surface area contributed by atoms with Crippen molar-refractivity contribution in [3.05, 3.63) is 49.6 Å². The first-order chi connectivity index (χ1) is 6.63. The van der Waals surface area contributed by atoms with Gasteiger partial charge in [-0.15, -0.1) is 13.2 Å². The van der Waals surface area contributed by atoms with Crippen molar-refractivity contribution in [2.24, 2.45) is 0 Å². The van der Waals surface area contributed by atoms with Gasteiger partial charge in [-0.25, -0.2) is 0 Å². The number of hydrogen-bond acceptors (Lipinski definition) is 0. The van der Waals surface area contributed by atoms with Crippen LogP contribution in [0.2, 0.25) is 0 Å². The predicted octanol–water partition coefficient (Wildman–Crippen LogP) is 5.55. The van der Waals surface area contributed by atoms with Crippen molar-refractivity contribution in [2.75, 3.05) is 0 Å². The average molecular weight is 196 g/mol. The van der Waals surface area contributed by atoms with Crippen LogP contribution >= 0.6 is 0 Å². The van der Waals surface area contributed by atoms with Gasteiger partial charge in [-0.1, -0.05) is 64.2 Å². The van der Waals surface area contributed by atoms with Crippen molar-refractivity contribution in [3.8, 4) is 0 Å². The van der Waals surface area contributed by atoms with E-state index in [0.29, 0.717) is 0 Å². The lowest BCUT2D eigenvalue weighted by Gasteiger charge is -1.84. The summed E-state index contributed by atoms with van der Waals surface area (Å²) in [4.78, 5) is 0. The maximum Gasteiger partial charge on any atom is -0.0404 e. The molecule has 0 aliphatic heterocycles. The van der Waals surface area contributed by atoms with Crippen LogP contribution in [0.25, 0.3) is 0 Å². The molecule has 0 fully saturated rings. The molecule has 0 aliphatic rings. The van der Waals surface area contributed by atoms with E-state index in [1.165, 1.54) is 0 Å². The van der Waals surface area contributed by atoms with Crippen LogP contribution < -0.4 is 0 Å². The molecule has 0 spiro atoms. The van der Waals surface area contributed by atoms with Crippen molar-refractivity contribution in [1.82, 2.24) is 0 Å². The van der Waals surface area contributed by atoms with Gasteiger partial charge in [0.25, 0.3) is 0 Å². The zero-order valence-electron chi connectivity index (χ0n) is 11.0. The van der Waals surface area contributed by atoms with Gasteiger partial charge < -0.3 is 0 Å². The van der Waals surface area contributed by atoms with Gasteiger partial charge in [0.1, 0.15) is 0 Å². The fourth-order valence-electron chi connectivity index (χ4n) is 0.285. The second-order valence-electron chi connectivity index (χ2n) is 2.03. The third kappa shape index (κ3) is 69.3. The quantitative estimate of drug-likeness (QED) is 0.401. The van der Waals surface area contributed by atoms with E-state index in [-0.39, 0.29) is 0 Å². The molecule has 0 aromatic rings. The lowest BCUT2D eigenvalue weighted by molar-refractivity contribution is 1.50. The average Bonchev–Trinajstić information content (AvgIpc) is 2.24. The summed E-state index contributed by atoms with van der Waals surface area (Å²) in [6, 6.07) is 0. The molecule has 84 valence electrons. The molecular weight excluding hydrogens is 168 g/mol. The van der Waals surface area contributed by atoms with Gasteiger partial charge >= 0.3 is 0 Å². The van der Waals surface area contributed by atoms with Gasteiger partial charge in [0.2, 0.25) is 0 Å². The highest BCUT2D eigenvalue weighted by molar-refractivity contribution is 5.20. The van der Waals surface area contributed by atoms with E-state index >= 15 is 0 Å². The standard InChI is InChI=1S/C8H12.2C2H6.C2H4/c1-7(2)5-6-8(3)4;3*1-2/h5-6H,1,3H2,2,4H3;2*1-2H3;1-2H2/b6-5-;;;. The Morgan fingerprint density at radius 2 is 0.857 bits per heavy atom. The van der Waals surface area contributed by atoms with Gasteiger partial charge in [0.05, 0.1) is 0 Å². The van der Waals surface area contributed by atoms with Crippen LogP contribution in [0.5, 0.6) is 0 Å². The fourth-order valence-corrected chi connectivity index (χ4v) is 0.285. The summed E-state index contributed by atoms with van der Waals surface area (Å²) < 4.78 is 0. The van der Waals surface area contributed by atoms with E-state index < -0.39 is 0 Å². The Kier molecular flexibility index (Phi) is 48.9. The molecule has 0 heteroatoms. The lowest BCUT2D eigenvalue weighted by Crippen LogP contribution is -1.62. The molecule has 0 aromatic carbocycles. The highest BCUT2D eigenvalue weighted by Crippen LogP contribution is 1.94. The van der Waals surface area contributed by atoms with Gasteiger partial charge in [-0.05, 0) is 13.8 Å². The number of allylic oxidation sites excluding steroid dienone is 4. The van der Waals surface area contributed by atoms with E-state index in [1.54, 1.807) is 0 Å². The largest absolute Gasteiger partial charge is 0.106 e. The van der Waals surface area contributed by atoms with Crippen LogP contribution in [-0.4, -0.2) is 0 Å². The third-order valence-electron chi connectivity index (χ3n) is 0.652. The molecule has 0 rings (SSSR count). The fraction of sp³-hybridized carbons (Fsp3) is 0.429. The van der Waals surface area contributed by atoms with E-state index in [2.05, 4.69) is 26.3 Å². The second kappa shape index (κ2) is 29.7. The van der Waals surface area contributed by atoms with Gasteiger partial charge in [0.15, 0.2) is 0 Å². The second-order valence-corrected chi connectivity index (χ2v) is 2.03. The summed E-state index contributed by atoms with van der Waals surface area (Å²) in [6.07, 6.45) is 3.89. The first kappa shape index (κ1) is 23.1. The molecule has 0 radical (unpaired) electrons. The Bertz CT molecular complexity index is 122. The molecule has 0 unspecified atom stereocenters. The Labute approximate surface area is 91.7 Å². The topological polar surface area (TPSA) is 0 Å². The molecule has 0 nitrogen and oxygen atoms in total. The molecule has 0 aliphatic carbocycles. The highest BCUT2D eigenvalue weighted by Gasteiger charge is 1.72. The highest BCUT2D eigenvalue weighted by atomic mass is 13.8. The Hall–Kier alpha value is -1.04. The molecule has 0 N–H and O–H groups in total. The number of rotatable bonds is 2. The van der Waals surface area contributed by atoms with Gasteiger partial charge in [-0.2, -0.15) is 0 Å². The lowest BCUT2D eigenvalue weighted by atomic mass is 10.2. The summed E-state index contributed by atoms with van der Waals surface area (Å²) in [5.41, 5.74) is 2.13. The third-order valence-corrected chi connectivity index (χ3v) is 0.652. The van der Waals surface area contributed by atoms with Crippen LogP contribution in [0, 0.1) is 0 Å². The van der Waals surface area contributed by atoms with Crippen LogP contribution in [-0.2, 0) is 0 Å². The van der Waals surface area contributed by atoms with Crippen molar-refractivity contribution in [2.45, 2.75) is 41.5 Å². The van der Waals surface area contributed by atoms with Crippen molar-refractivity contribution in [1.29, 1.82) is 0 Å². The Balaban J connectivity index is -0.0000000708. The zero-order chi connectivity index (χ0) is 12.6. The molecule has 0 saturated carbocycles. The van der Waals surface area contributed by atoms with E-state index in [1.807, 2.05) is 53.7 Å². The van der Waals surface area contributed by atoms with Gasteiger partial charge in [-0.3, -0.25) is 0 Å². The molecule has 0 aromatic heterocycles. The van der Waals surface area contributed by atoms with E-state index in [9.17, 15) is 0 Å². The van der Waals surface area contributed by atoms with Crippen molar-refractivity contribution < 1.29 is 0 Å². The normalized spacial score (nSPS) is 6.71. The zero-order valence-corrected chi connectivity index (χ0v) is 11.0. The Morgan fingerprint density at radius 1 is 0.714 bits per heavy atom. The minimum absolute atomic E-state index is 1.06. The summed E-state index contributed by atoms with van der Waals surface area (Å²) >= 11 is 0. The minimum Gasteiger partial charge on any atom is -0.106 e. The molecular formula is C14H28. The summed E-state index contributed by atoms with van der Waals surface area (Å²) in [6.45, 7) is 25.3. The predicted molar refractivity (Wildman–Crippen MR) is 72.7 cm³/mol. The van der Waals surface area contributed by atoms with Crippen molar-refractivity contribution in [3.63, 3.8) is 0 Å². The molecule has 0 atom stereocenters. The van der Waals surface area contributed by atoms with Crippen LogP contribution in [0.4, 0.5) is 0 Å². The first-order valence-electron chi connectivity index (χ1n) is 5.12. The smallest absolute Gasteiger partial charge is 0.0404 e. The van der Waals surface area contributed by atoms with Crippen LogP contribution in [0.3, 0.4) is 0 Å². The molecule has 14 heavy (non-hydrogen) atoms.